The monoisotopic (exact) mass is 569 g/mol. The van der Waals surface area contributed by atoms with Gasteiger partial charge < -0.3 is 14.5 Å². The molecule has 0 aromatic heterocycles. The Kier molecular flexibility index (Phi) is 12.3. The summed E-state index contributed by atoms with van der Waals surface area (Å²) >= 11 is 6.07. The summed E-state index contributed by atoms with van der Waals surface area (Å²) in [6.07, 6.45) is 8.45. The predicted molar refractivity (Wildman–Crippen MR) is 150 cm³/mol. The highest BCUT2D eigenvalue weighted by Gasteiger charge is 2.32. The minimum absolute atomic E-state index is 0.0114. The molecule has 1 saturated carbocycles. The SMILES string of the molecule is CCCS(=O)(=O)N(CCOC)CC(=O)N(Cc1ccc(Cl)cc1)C1CCN(C(=O)CCC2CCCC2)CC1. The summed E-state index contributed by atoms with van der Waals surface area (Å²) in [5.74, 6) is 0.654. The second kappa shape index (κ2) is 15.2. The van der Waals surface area contributed by atoms with Crippen molar-refractivity contribution in [2.45, 2.75) is 77.3 Å². The van der Waals surface area contributed by atoms with Crippen LogP contribution < -0.4 is 0 Å². The molecule has 2 amide bonds. The Morgan fingerprint density at radius 1 is 1.08 bits per heavy atom. The molecule has 1 aliphatic heterocycles. The molecule has 1 heterocycles. The van der Waals surface area contributed by atoms with Crippen LogP contribution in [0, 0.1) is 5.92 Å². The van der Waals surface area contributed by atoms with Gasteiger partial charge >= 0.3 is 0 Å². The molecule has 8 nitrogen and oxygen atoms in total. The lowest BCUT2D eigenvalue weighted by Gasteiger charge is -2.39. The smallest absolute Gasteiger partial charge is 0.238 e. The van der Waals surface area contributed by atoms with E-state index in [1.807, 2.05) is 24.0 Å². The van der Waals surface area contributed by atoms with E-state index in [1.165, 1.54) is 37.1 Å². The Bertz CT molecular complexity index is 990. The minimum atomic E-state index is -3.58. The maximum absolute atomic E-state index is 13.7. The van der Waals surface area contributed by atoms with Crippen molar-refractivity contribution in [2.24, 2.45) is 5.92 Å². The van der Waals surface area contributed by atoms with Crippen LogP contribution >= 0.6 is 11.6 Å². The fourth-order valence-corrected chi connectivity index (χ4v) is 7.12. The molecule has 1 aliphatic carbocycles. The molecule has 0 unspecified atom stereocenters. The van der Waals surface area contributed by atoms with Gasteiger partial charge in [0.1, 0.15) is 0 Å². The third kappa shape index (κ3) is 9.21. The number of carbonyl (C=O) groups excluding carboxylic acids is 2. The quantitative estimate of drug-likeness (QED) is 0.333. The van der Waals surface area contributed by atoms with Gasteiger partial charge in [-0.05, 0) is 49.3 Å². The van der Waals surface area contributed by atoms with Crippen molar-refractivity contribution >= 4 is 33.4 Å². The van der Waals surface area contributed by atoms with Gasteiger partial charge in [0.25, 0.3) is 0 Å². The van der Waals surface area contributed by atoms with Crippen LogP contribution in [-0.2, 0) is 30.9 Å². The second-order valence-electron chi connectivity index (χ2n) is 10.6. The van der Waals surface area contributed by atoms with Crippen LogP contribution in [-0.4, -0.2) is 86.0 Å². The van der Waals surface area contributed by atoms with Crippen molar-refractivity contribution < 1.29 is 22.7 Å². The van der Waals surface area contributed by atoms with E-state index in [2.05, 4.69) is 0 Å². The van der Waals surface area contributed by atoms with Crippen LogP contribution in [0.25, 0.3) is 0 Å². The predicted octanol–water partition coefficient (Wildman–Crippen LogP) is 4.32. The number of hydrogen-bond acceptors (Lipinski definition) is 5. The number of nitrogens with zero attached hydrogens (tertiary/aromatic N) is 3. The summed E-state index contributed by atoms with van der Waals surface area (Å²) in [5, 5.41) is 0.618. The normalized spacial score (nSPS) is 17.3. The van der Waals surface area contributed by atoms with Crippen LogP contribution in [0.15, 0.2) is 24.3 Å². The minimum Gasteiger partial charge on any atom is -0.383 e. The first-order chi connectivity index (χ1) is 18.2. The molecule has 0 radical (unpaired) electrons. The highest BCUT2D eigenvalue weighted by Crippen LogP contribution is 2.29. The number of rotatable bonds is 14. The van der Waals surface area contributed by atoms with Crippen molar-refractivity contribution in [1.82, 2.24) is 14.1 Å². The van der Waals surface area contributed by atoms with E-state index in [-0.39, 0.29) is 43.3 Å². The molecule has 1 aromatic carbocycles. The van der Waals surface area contributed by atoms with Crippen molar-refractivity contribution in [3.8, 4) is 0 Å². The highest BCUT2D eigenvalue weighted by atomic mass is 35.5. The van der Waals surface area contributed by atoms with Crippen molar-refractivity contribution in [2.75, 3.05) is 45.6 Å². The summed E-state index contributed by atoms with van der Waals surface area (Å²) in [5.41, 5.74) is 0.928. The third-order valence-corrected chi connectivity index (χ3v) is 10.1. The molecule has 10 heteroatoms. The van der Waals surface area contributed by atoms with Crippen LogP contribution in [0.2, 0.25) is 5.02 Å². The number of piperidine rings is 1. The van der Waals surface area contributed by atoms with Gasteiger partial charge in [-0.1, -0.05) is 56.3 Å². The zero-order valence-electron chi connectivity index (χ0n) is 22.9. The molecule has 1 aromatic rings. The number of likely N-dealkylation sites (tertiary alicyclic amines) is 1. The van der Waals surface area contributed by atoms with E-state index in [0.717, 1.165) is 12.0 Å². The first-order valence-corrected chi connectivity index (χ1v) is 16.0. The van der Waals surface area contributed by atoms with E-state index >= 15 is 0 Å². The number of hydrogen-bond donors (Lipinski definition) is 0. The van der Waals surface area contributed by atoms with Crippen LogP contribution in [0.1, 0.15) is 70.3 Å². The van der Waals surface area contributed by atoms with E-state index in [4.69, 9.17) is 16.3 Å². The number of carbonyl (C=O) groups is 2. The Labute approximate surface area is 233 Å². The Hall–Kier alpha value is -1.68. The van der Waals surface area contributed by atoms with Gasteiger partial charge in [0, 0.05) is 50.8 Å². The van der Waals surface area contributed by atoms with Gasteiger partial charge in [0.05, 0.1) is 18.9 Å². The summed E-state index contributed by atoms with van der Waals surface area (Å²) < 4.78 is 32.1. The fraction of sp³-hybridized carbons (Fsp3) is 0.714. The van der Waals surface area contributed by atoms with Crippen LogP contribution in [0.4, 0.5) is 0 Å². The molecule has 0 bridgehead atoms. The van der Waals surface area contributed by atoms with E-state index < -0.39 is 10.0 Å². The Balaban J connectivity index is 1.68. The number of methoxy groups -OCH3 is 1. The fourth-order valence-electron chi connectivity index (χ4n) is 5.56. The molecule has 38 heavy (non-hydrogen) atoms. The lowest BCUT2D eigenvalue weighted by molar-refractivity contribution is -0.137. The topological polar surface area (TPSA) is 87.2 Å². The number of halogens is 1. The zero-order chi connectivity index (χ0) is 27.5. The standard InChI is InChI=1S/C28H44ClN3O5S/c1-3-20-38(35,36)31(18-19-37-2)22-28(34)32(21-24-8-11-25(29)12-9-24)26-14-16-30(17-15-26)27(33)13-10-23-6-4-5-7-23/h8-9,11-12,23,26H,3-7,10,13-22H2,1-2H3. The van der Waals surface area contributed by atoms with Crippen molar-refractivity contribution in [3.05, 3.63) is 34.9 Å². The molecular weight excluding hydrogens is 526 g/mol. The van der Waals surface area contributed by atoms with Gasteiger partial charge in [-0.25, -0.2) is 8.42 Å². The number of sulfonamides is 1. The average Bonchev–Trinajstić information content (AvgIpc) is 3.43. The molecule has 3 rings (SSSR count). The number of amides is 2. The van der Waals surface area contributed by atoms with Gasteiger partial charge in [-0.2, -0.15) is 4.31 Å². The third-order valence-electron chi connectivity index (χ3n) is 7.80. The van der Waals surface area contributed by atoms with Gasteiger partial charge in [-0.3, -0.25) is 9.59 Å². The first-order valence-electron chi connectivity index (χ1n) is 14.0. The summed E-state index contributed by atoms with van der Waals surface area (Å²) in [6.45, 7) is 3.52. The number of benzene rings is 1. The molecule has 214 valence electrons. The van der Waals surface area contributed by atoms with Crippen LogP contribution in [0.3, 0.4) is 0 Å². The van der Waals surface area contributed by atoms with E-state index in [0.29, 0.717) is 56.3 Å². The van der Waals surface area contributed by atoms with Crippen molar-refractivity contribution in [3.63, 3.8) is 0 Å². The molecule has 1 saturated heterocycles. The molecule has 2 aliphatic rings. The summed E-state index contributed by atoms with van der Waals surface area (Å²) in [4.78, 5) is 30.3. The zero-order valence-corrected chi connectivity index (χ0v) is 24.5. The summed E-state index contributed by atoms with van der Waals surface area (Å²) in [7, 11) is -2.06. The second-order valence-corrected chi connectivity index (χ2v) is 13.1. The van der Waals surface area contributed by atoms with Gasteiger partial charge in [0.15, 0.2) is 0 Å². The Morgan fingerprint density at radius 2 is 1.74 bits per heavy atom. The molecule has 0 N–H and O–H groups in total. The molecular formula is C28H44ClN3O5S. The maximum Gasteiger partial charge on any atom is 0.238 e. The largest absolute Gasteiger partial charge is 0.383 e. The number of ether oxygens (including phenoxy) is 1. The highest BCUT2D eigenvalue weighted by molar-refractivity contribution is 7.89. The molecule has 0 atom stereocenters. The van der Waals surface area contributed by atoms with Crippen molar-refractivity contribution in [1.29, 1.82) is 0 Å². The van der Waals surface area contributed by atoms with E-state index in [1.54, 1.807) is 17.0 Å². The molecule has 0 spiro atoms. The lowest BCUT2D eigenvalue weighted by atomic mass is 9.99. The lowest BCUT2D eigenvalue weighted by Crippen LogP contribution is -2.51. The average molecular weight is 570 g/mol. The Morgan fingerprint density at radius 3 is 2.34 bits per heavy atom. The van der Waals surface area contributed by atoms with Crippen LogP contribution in [0.5, 0.6) is 0 Å². The maximum atomic E-state index is 13.7. The first kappa shape index (κ1) is 30.9. The van der Waals surface area contributed by atoms with Gasteiger partial charge in [0.2, 0.25) is 21.8 Å². The van der Waals surface area contributed by atoms with Gasteiger partial charge in [-0.15, -0.1) is 0 Å². The van der Waals surface area contributed by atoms with E-state index in [9.17, 15) is 18.0 Å². The summed E-state index contributed by atoms with van der Waals surface area (Å²) in [6, 6.07) is 7.29. The molecule has 2 fully saturated rings.